The van der Waals surface area contributed by atoms with Crippen molar-refractivity contribution in [3.63, 3.8) is 0 Å². The predicted octanol–water partition coefficient (Wildman–Crippen LogP) is 3.77. The summed E-state index contributed by atoms with van der Waals surface area (Å²) in [5.41, 5.74) is 4.77. The Morgan fingerprint density at radius 1 is 0.967 bits per heavy atom. The predicted molar refractivity (Wildman–Crippen MR) is 119 cm³/mol. The molecule has 0 amide bonds. The van der Waals surface area contributed by atoms with E-state index in [4.69, 9.17) is 4.74 Å². The van der Waals surface area contributed by atoms with Crippen molar-refractivity contribution in [1.82, 2.24) is 9.97 Å². The number of anilines is 3. The number of hydrogen-bond acceptors (Lipinski definition) is 7. The van der Waals surface area contributed by atoms with Gasteiger partial charge < -0.3 is 14.5 Å². The summed E-state index contributed by atoms with van der Waals surface area (Å²) in [5, 5.41) is 4.27. The Bertz CT molecular complexity index is 961. The Hall–Kier alpha value is -3.68. The molecule has 1 heterocycles. The van der Waals surface area contributed by atoms with E-state index in [0.717, 1.165) is 22.7 Å². The monoisotopic (exact) mass is 408 g/mol. The molecule has 0 unspecified atom stereocenters. The molecular weight excluding hydrogens is 383 g/mol. The molecule has 0 aliphatic rings. The Kier molecular flexibility index (Phi) is 6.79. The molecule has 0 fully saturated rings. The first-order valence-electron chi connectivity index (χ1n) is 9.41. The standard InChI is InChI=1S/C22H25FN6O/c1-28(2)21-13-20(25-22(26-21)29(3)4)27-24-14-16-7-11-19(12-8-16)30-15-17-5-9-18(23)10-6-17/h5-14H,15H2,1-4H3,(H,25,26,27). The fraction of sp³-hybridized carbons (Fsp3) is 0.227. The molecule has 3 aromatic rings. The van der Waals surface area contributed by atoms with E-state index < -0.39 is 0 Å². The second kappa shape index (κ2) is 9.69. The zero-order valence-corrected chi connectivity index (χ0v) is 17.5. The van der Waals surface area contributed by atoms with E-state index >= 15 is 0 Å². The van der Waals surface area contributed by atoms with Crippen LogP contribution in [0.3, 0.4) is 0 Å². The fourth-order valence-corrected chi connectivity index (χ4v) is 2.48. The van der Waals surface area contributed by atoms with Crippen molar-refractivity contribution in [1.29, 1.82) is 0 Å². The van der Waals surface area contributed by atoms with Gasteiger partial charge in [-0.25, -0.2) is 4.39 Å². The molecule has 2 aromatic carbocycles. The first kappa shape index (κ1) is 21.0. The van der Waals surface area contributed by atoms with Gasteiger partial charge in [0.25, 0.3) is 0 Å². The molecule has 1 N–H and O–H groups in total. The molecule has 0 saturated carbocycles. The second-order valence-corrected chi connectivity index (χ2v) is 7.05. The van der Waals surface area contributed by atoms with E-state index in [1.54, 1.807) is 18.3 Å². The maximum Gasteiger partial charge on any atom is 0.228 e. The van der Waals surface area contributed by atoms with Crippen molar-refractivity contribution in [3.05, 3.63) is 71.5 Å². The van der Waals surface area contributed by atoms with E-state index in [-0.39, 0.29) is 5.82 Å². The van der Waals surface area contributed by atoms with Crippen LogP contribution < -0.4 is 20.0 Å². The van der Waals surface area contributed by atoms with E-state index in [9.17, 15) is 4.39 Å². The van der Waals surface area contributed by atoms with Crippen molar-refractivity contribution in [2.45, 2.75) is 6.61 Å². The Morgan fingerprint density at radius 2 is 1.67 bits per heavy atom. The molecule has 0 radical (unpaired) electrons. The zero-order chi connectivity index (χ0) is 21.5. The van der Waals surface area contributed by atoms with Gasteiger partial charge in [0.05, 0.1) is 6.21 Å². The van der Waals surface area contributed by atoms with Gasteiger partial charge >= 0.3 is 0 Å². The number of ether oxygens (including phenoxy) is 1. The maximum atomic E-state index is 12.9. The van der Waals surface area contributed by atoms with Gasteiger partial charge in [0.2, 0.25) is 5.95 Å². The van der Waals surface area contributed by atoms with E-state index in [2.05, 4.69) is 20.5 Å². The van der Waals surface area contributed by atoms with E-state index in [1.165, 1.54) is 12.1 Å². The Labute approximate surface area is 175 Å². The minimum atomic E-state index is -0.256. The van der Waals surface area contributed by atoms with Crippen molar-refractivity contribution < 1.29 is 9.13 Å². The number of hydrazone groups is 1. The molecule has 0 bridgehead atoms. The third-order valence-corrected chi connectivity index (χ3v) is 4.15. The van der Waals surface area contributed by atoms with E-state index in [0.29, 0.717) is 18.4 Å². The highest BCUT2D eigenvalue weighted by Gasteiger charge is 2.07. The van der Waals surface area contributed by atoms with Crippen molar-refractivity contribution in [2.75, 3.05) is 43.4 Å². The largest absolute Gasteiger partial charge is 0.489 e. The number of hydrogen-bond donors (Lipinski definition) is 1. The van der Waals surface area contributed by atoms with Crippen LogP contribution in [-0.2, 0) is 6.61 Å². The molecule has 0 aliphatic carbocycles. The minimum absolute atomic E-state index is 0.256. The third-order valence-electron chi connectivity index (χ3n) is 4.15. The fourth-order valence-electron chi connectivity index (χ4n) is 2.48. The van der Waals surface area contributed by atoms with Crippen LogP contribution in [0.25, 0.3) is 0 Å². The van der Waals surface area contributed by atoms with Gasteiger partial charge in [-0.2, -0.15) is 15.1 Å². The lowest BCUT2D eigenvalue weighted by molar-refractivity contribution is 0.306. The summed E-state index contributed by atoms with van der Waals surface area (Å²) in [5.74, 6) is 2.46. The van der Waals surface area contributed by atoms with Gasteiger partial charge in [-0.1, -0.05) is 12.1 Å². The molecule has 0 aliphatic heterocycles. The summed E-state index contributed by atoms with van der Waals surface area (Å²) < 4.78 is 18.7. The van der Waals surface area contributed by atoms with Crippen molar-refractivity contribution in [3.8, 4) is 5.75 Å². The van der Waals surface area contributed by atoms with Crippen molar-refractivity contribution in [2.24, 2.45) is 5.10 Å². The SMILES string of the molecule is CN(C)c1cc(NN=Cc2ccc(OCc3ccc(F)cc3)cc2)nc(N(C)C)n1. The van der Waals surface area contributed by atoms with Crippen LogP contribution in [0.1, 0.15) is 11.1 Å². The summed E-state index contributed by atoms with van der Waals surface area (Å²) in [6, 6.07) is 15.6. The normalized spacial score (nSPS) is 10.8. The molecule has 7 nitrogen and oxygen atoms in total. The molecule has 0 spiro atoms. The lowest BCUT2D eigenvalue weighted by Gasteiger charge is -2.16. The zero-order valence-electron chi connectivity index (χ0n) is 17.5. The van der Waals surface area contributed by atoms with Crippen molar-refractivity contribution >= 4 is 23.8 Å². The average Bonchev–Trinajstić information content (AvgIpc) is 2.74. The molecule has 0 saturated heterocycles. The van der Waals surface area contributed by atoms with Crippen LogP contribution in [0.4, 0.5) is 22.0 Å². The summed E-state index contributed by atoms with van der Waals surface area (Å²) in [6.45, 7) is 0.380. The van der Waals surface area contributed by atoms with Crippen LogP contribution in [-0.4, -0.2) is 44.4 Å². The smallest absolute Gasteiger partial charge is 0.228 e. The number of nitrogens with one attached hydrogen (secondary N) is 1. The summed E-state index contributed by atoms with van der Waals surface area (Å²) in [4.78, 5) is 12.7. The highest BCUT2D eigenvalue weighted by molar-refractivity contribution is 5.80. The summed E-state index contributed by atoms with van der Waals surface area (Å²) in [7, 11) is 7.63. The minimum Gasteiger partial charge on any atom is -0.489 e. The highest BCUT2D eigenvalue weighted by atomic mass is 19.1. The molecule has 1 aromatic heterocycles. The molecular formula is C22H25FN6O. The number of rotatable bonds is 8. The first-order chi connectivity index (χ1) is 14.4. The summed E-state index contributed by atoms with van der Waals surface area (Å²) in [6.07, 6.45) is 1.70. The molecule has 30 heavy (non-hydrogen) atoms. The van der Waals surface area contributed by atoms with Gasteiger partial charge in [-0.15, -0.1) is 0 Å². The number of nitrogens with zero attached hydrogens (tertiary/aromatic N) is 5. The Balaban J connectivity index is 1.59. The van der Waals surface area contributed by atoms with Crippen LogP contribution in [0, 0.1) is 5.82 Å². The van der Waals surface area contributed by atoms with Crippen LogP contribution in [0.5, 0.6) is 5.75 Å². The number of benzene rings is 2. The lowest BCUT2D eigenvalue weighted by Crippen LogP contribution is -2.17. The van der Waals surface area contributed by atoms with Gasteiger partial charge in [-0.3, -0.25) is 5.43 Å². The third kappa shape index (κ3) is 5.91. The molecule has 156 valence electrons. The second-order valence-electron chi connectivity index (χ2n) is 7.05. The lowest BCUT2D eigenvalue weighted by atomic mass is 10.2. The molecule has 3 rings (SSSR count). The van der Waals surface area contributed by atoms with Crippen LogP contribution in [0.15, 0.2) is 59.7 Å². The van der Waals surface area contributed by atoms with Gasteiger partial charge in [0, 0.05) is 34.3 Å². The maximum absolute atomic E-state index is 12.9. The molecule has 8 heteroatoms. The number of halogens is 1. The van der Waals surface area contributed by atoms with Gasteiger partial charge in [0.15, 0.2) is 5.82 Å². The average molecular weight is 408 g/mol. The topological polar surface area (TPSA) is 65.9 Å². The molecule has 0 atom stereocenters. The first-order valence-corrected chi connectivity index (χ1v) is 9.41. The van der Waals surface area contributed by atoms with Gasteiger partial charge in [-0.05, 0) is 47.5 Å². The summed E-state index contributed by atoms with van der Waals surface area (Å²) >= 11 is 0. The Morgan fingerprint density at radius 3 is 2.30 bits per heavy atom. The highest BCUT2D eigenvalue weighted by Crippen LogP contribution is 2.18. The number of aromatic nitrogens is 2. The van der Waals surface area contributed by atoms with Crippen LogP contribution >= 0.6 is 0 Å². The quantitative estimate of drug-likeness (QED) is 0.452. The van der Waals surface area contributed by atoms with Crippen LogP contribution in [0.2, 0.25) is 0 Å². The van der Waals surface area contributed by atoms with E-state index in [1.807, 2.05) is 68.3 Å². The van der Waals surface area contributed by atoms with Gasteiger partial charge in [0.1, 0.15) is 24.0 Å².